The molecule has 0 aliphatic carbocycles. The van der Waals surface area contributed by atoms with Crippen molar-refractivity contribution in [3.63, 3.8) is 0 Å². The minimum atomic E-state index is 0.309. The van der Waals surface area contributed by atoms with E-state index in [1.54, 1.807) is 6.92 Å². The summed E-state index contributed by atoms with van der Waals surface area (Å²) in [6.45, 7) is 1.66. The highest BCUT2D eigenvalue weighted by atomic mass is 16.1. The van der Waals surface area contributed by atoms with E-state index in [1.807, 2.05) is 0 Å². The highest BCUT2D eigenvalue weighted by molar-refractivity contribution is 5.75. The van der Waals surface area contributed by atoms with Gasteiger partial charge in [-0.05, 0) is 19.8 Å². The smallest absolute Gasteiger partial charge is 0.129 e. The molecule has 0 rings (SSSR count). The molecule has 0 fully saturated rings. The maximum atomic E-state index is 10.7. The average Bonchev–Trinajstić information content (AvgIpc) is 2.20. The van der Waals surface area contributed by atoms with Crippen LogP contribution in [0.1, 0.15) is 71.1 Å². The molecule has 0 aliphatic heterocycles. The lowest BCUT2D eigenvalue weighted by Crippen LogP contribution is -1.89. The summed E-state index contributed by atoms with van der Waals surface area (Å²) in [4.78, 5) is 20.7. The van der Waals surface area contributed by atoms with Crippen molar-refractivity contribution in [2.45, 2.75) is 71.1 Å². The van der Waals surface area contributed by atoms with Crippen molar-refractivity contribution in [2.24, 2.45) is 0 Å². The molecule has 0 unspecified atom stereocenters. The highest BCUT2D eigenvalue weighted by Gasteiger charge is 1.94. The largest absolute Gasteiger partial charge is 0.303 e. The van der Waals surface area contributed by atoms with Gasteiger partial charge in [0.2, 0.25) is 0 Å². The number of ketones is 1. The summed E-state index contributed by atoms with van der Waals surface area (Å²) in [7, 11) is 0. The summed E-state index contributed by atoms with van der Waals surface area (Å²) in [5.41, 5.74) is 0. The first kappa shape index (κ1) is 14.3. The van der Waals surface area contributed by atoms with E-state index in [0.29, 0.717) is 5.78 Å². The van der Waals surface area contributed by atoms with Gasteiger partial charge in [-0.1, -0.05) is 38.5 Å². The fourth-order valence-electron chi connectivity index (χ4n) is 1.66. The van der Waals surface area contributed by atoms with Gasteiger partial charge in [-0.2, -0.15) is 0 Å². The van der Waals surface area contributed by atoms with E-state index in [4.69, 9.17) is 0 Å². The number of aldehydes is 1. The molecule has 0 saturated carbocycles. The van der Waals surface area contributed by atoms with Crippen LogP contribution in [-0.2, 0) is 9.59 Å². The van der Waals surface area contributed by atoms with Crippen LogP contribution in [-0.4, -0.2) is 12.1 Å². The summed E-state index contributed by atoms with van der Waals surface area (Å²) in [6, 6.07) is 0. The van der Waals surface area contributed by atoms with Crippen LogP contribution in [0.15, 0.2) is 0 Å². The van der Waals surface area contributed by atoms with Gasteiger partial charge in [0, 0.05) is 12.8 Å². The minimum absolute atomic E-state index is 0.309. The van der Waals surface area contributed by atoms with Crippen LogP contribution in [0.25, 0.3) is 0 Å². The van der Waals surface area contributed by atoms with Gasteiger partial charge in [0.25, 0.3) is 0 Å². The molecule has 15 heavy (non-hydrogen) atoms. The number of hydrogen-bond donors (Lipinski definition) is 0. The van der Waals surface area contributed by atoms with Crippen LogP contribution < -0.4 is 0 Å². The third-order valence-corrected chi connectivity index (χ3v) is 2.60. The van der Waals surface area contributed by atoms with Crippen molar-refractivity contribution in [2.75, 3.05) is 0 Å². The quantitative estimate of drug-likeness (QED) is 0.387. The zero-order chi connectivity index (χ0) is 11.4. The van der Waals surface area contributed by atoms with Crippen molar-refractivity contribution in [3.8, 4) is 0 Å². The summed E-state index contributed by atoms with van der Waals surface area (Å²) in [6.07, 6.45) is 12.0. The molecule has 0 aromatic carbocycles. The molecular formula is C13H24O2. The predicted octanol–water partition coefficient (Wildman–Crippen LogP) is 3.68. The topological polar surface area (TPSA) is 34.1 Å². The fourth-order valence-corrected chi connectivity index (χ4v) is 1.66. The molecule has 0 aromatic rings. The molecule has 0 amide bonds. The molecule has 0 aromatic heterocycles. The lowest BCUT2D eigenvalue weighted by molar-refractivity contribution is -0.117. The van der Waals surface area contributed by atoms with Crippen LogP contribution in [0.4, 0.5) is 0 Å². The normalized spacial score (nSPS) is 10.2. The Morgan fingerprint density at radius 2 is 1.33 bits per heavy atom. The lowest BCUT2D eigenvalue weighted by Gasteiger charge is -2.00. The maximum absolute atomic E-state index is 10.7. The van der Waals surface area contributed by atoms with E-state index in [1.165, 1.54) is 38.5 Å². The Morgan fingerprint density at radius 1 is 0.867 bits per heavy atom. The standard InChI is InChI=1S/C13H24O2/c1-13(15)11-9-7-5-3-2-4-6-8-10-12-14/h12H,2-11H2,1H3. The zero-order valence-electron chi connectivity index (χ0n) is 9.96. The van der Waals surface area contributed by atoms with Crippen molar-refractivity contribution < 1.29 is 9.59 Å². The van der Waals surface area contributed by atoms with E-state index in [0.717, 1.165) is 32.0 Å². The van der Waals surface area contributed by atoms with E-state index in [9.17, 15) is 9.59 Å². The van der Waals surface area contributed by atoms with Crippen molar-refractivity contribution in [1.29, 1.82) is 0 Å². The summed E-state index contributed by atoms with van der Waals surface area (Å²) >= 11 is 0. The molecule has 88 valence electrons. The average molecular weight is 212 g/mol. The van der Waals surface area contributed by atoms with Gasteiger partial charge in [-0.3, -0.25) is 0 Å². The maximum Gasteiger partial charge on any atom is 0.129 e. The lowest BCUT2D eigenvalue weighted by atomic mass is 10.1. The Hall–Kier alpha value is -0.660. The molecule has 0 spiro atoms. The molecule has 0 aliphatic rings. The first-order valence-corrected chi connectivity index (χ1v) is 6.20. The Bertz CT molecular complexity index is 164. The molecule has 2 heteroatoms. The van der Waals surface area contributed by atoms with Crippen molar-refractivity contribution in [1.82, 2.24) is 0 Å². The van der Waals surface area contributed by atoms with E-state index < -0.39 is 0 Å². The Morgan fingerprint density at radius 3 is 1.80 bits per heavy atom. The van der Waals surface area contributed by atoms with Gasteiger partial charge in [0.1, 0.15) is 12.1 Å². The number of carbonyl (C=O) groups excluding carboxylic acids is 2. The van der Waals surface area contributed by atoms with Gasteiger partial charge >= 0.3 is 0 Å². The monoisotopic (exact) mass is 212 g/mol. The zero-order valence-corrected chi connectivity index (χ0v) is 9.96. The van der Waals surface area contributed by atoms with Gasteiger partial charge in [-0.15, -0.1) is 0 Å². The first-order chi connectivity index (χ1) is 7.27. The van der Waals surface area contributed by atoms with E-state index in [2.05, 4.69) is 0 Å². The number of hydrogen-bond acceptors (Lipinski definition) is 2. The molecule has 0 heterocycles. The van der Waals surface area contributed by atoms with Crippen LogP contribution in [0.2, 0.25) is 0 Å². The number of carbonyl (C=O) groups is 2. The Kier molecular flexibility index (Phi) is 10.9. The molecule has 0 radical (unpaired) electrons. The Balaban J connectivity index is 2.92. The second kappa shape index (κ2) is 11.4. The predicted molar refractivity (Wildman–Crippen MR) is 62.9 cm³/mol. The molecule has 2 nitrogen and oxygen atoms in total. The molecule has 0 N–H and O–H groups in total. The molecule has 0 bridgehead atoms. The van der Waals surface area contributed by atoms with Gasteiger partial charge < -0.3 is 9.59 Å². The van der Waals surface area contributed by atoms with Crippen LogP contribution in [0, 0.1) is 0 Å². The van der Waals surface area contributed by atoms with Crippen molar-refractivity contribution >= 4 is 12.1 Å². The Labute approximate surface area is 93.4 Å². The third kappa shape index (κ3) is 13.3. The van der Waals surface area contributed by atoms with Crippen LogP contribution >= 0.6 is 0 Å². The number of unbranched alkanes of at least 4 members (excludes halogenated alkanes) is 8. The summed E-state index contributed by atoms with van der Waals surface area (Å²) in [5.74, 6) is 0.309. The SMILES string of the molecule is CC(=O)CCCCCCCCCCC=O. The fraction of sp³-hybridized carbons (Fsp3) is 0.846. The van der Waals surface area contributed by atoms with Gasteiger partial charge in [0.15, 0.2) is 0 Å². The van der Waals surface area contributed by atoms with E-state index >= 15 is 0 Å². The minimum Gasteiger partial charge on any atom is -0.303 e. The van der Waals surface area contributed by atoms with Gasteiger partial charge in [-0.25, -0.2) is 0 Å². The van der Waals surface area contributed by atoms with Crippen LogP contribution in [0.3, 0.4) is 0 Å². The molecule has 0 atom stereocenters. The number of rotatable bonds is 11. The highest BCUT2D eigenvalue weighted by Crippen LogP contribution is 2.10. The second-order valence-corrected chi connectivity index (χ2v) is 4.24. The first-order valence-electron chi connectivity index (χ1n) is 6.20. The van der Waals surface area contributed by atoms with Crippen LogP contribution in [0.5, 0.6) is 0 Å². The summed E-state index contributed by atoms with van der Waals surface area (Å²) in [5, 5.41) is 0. The number of Topliss-reactive ketones (excluding diaryl/α,β-unsaturated/α-hetero) is 1. The van der Waals surface area contributed by atoms with Crippen molar-refractivity contribution in [3.05, 3.63) is 0 Å². The summed E-state index contributed by atoms with van der Waals surface area (Å²) < 4.78 is 0. The third-order valence-electron chi connectivity index (χ3n) is 2.60. The van der Waals surface area contributed by atoms with E-state index in [-0.39, 0.29) is 0 Å². The van der Waals surface area contributed by atoms with Gasteiger partial charge in [0.05, 0.1) is 0 Å². The second-order valence-electron chi connectivity index (χ2n) is 4.24. The molecular weight excluding hydrogens is 188 g/mol. The molecule has 0 saturated heterocycles.